The van der Waals surface area contributed by atoms with Crippen molar-refractivity contribution in [2.24, 2.45) is 0 Å². The Hall–Kier alpha value is -2.13. The van der Waals surface area contributed by atoms with Crippen LogP contribution in [-0.4, -0.2) is 48.3 Å². The molecule has 1 aliphatic heterocycles. The van der Waals surface area contributed by atoms with E-state index in [2.05, 4.69) is 4.98 Å². The lowest BCUT2D eigenvalue weighted by atomic mass is 10.1. The molecule has 1 fully saturated rings. The number of hydrogen-bond acceptors (Lipinski definition) is 5. The van der Waals surface area contributed by atoms with E-state index in [4.69, 9.17) is 17.3 Å². The number of amides is 1. The zero-order valence-corrected chi connectivity index (χ0v) is 12.8. The standard InChI is InChI=1S/C13H12N2O5S2/c16-10(17)4-3-8(12(19)20)15-11(18)9(22-13(15)21)6-7-2-1-5-14-7/h1-2,5-6,8,14H,3-4H2,(H,16,17)(H,19,20)/b9-6-. The third kappa shape index (κ3) is 3.55. The molecule has 1 unspecified atom stereocenters. The van der Waals surface area contributed by atoms with Crippen LogP contribution in [0.5, 0.6) is 0 Å². The van der Waals surface area contributed by atoms with Gasteiger partial charge >= 0.3 is 11.9 Å². The van der Waals surface area contributed by atoms with Crippen molar-refractivity contribution in [3.63, 3.8) is 0 Å². The maximum atomic E-state index is 12.4. The van der Waals surface area contributed by atoms with Crippen LogP contribution in [0.15, 0.2) is 23.2 Å². The highest BCUT2D eigenvalue weighted by Crippen LogP contribution is 2.34. The predicted molar refractivity (Wildman–Crippen MR) is 84.1 cm³/mol. The monoisotopic (exact) mass is 340 g/mol. The zero-order valence-electron chi connectivity index (χ0n) is 11.2. The Bertz CT molecular complexity index is 653. The summed E-state index contributed by atoms with van der Waals surface area (Å²) in [6.45, 7) is 0. The Labute approximate surface area is 135 Å². The maximum absolute atomic E-state index is 12.4. The van der Waals surface area contributed by atoms with Crippen LogP contribution < -0.4 is 0 Å². The van der Waals surface area contributed by atoms with Crippen molar-refractivity contribution in [1.29, 1.82) is 0 Å². The second-order valence-electron chi connectivity index (χ2n) is 4.46. The van der Waals surface area contributed by atoms with Gasteiger partial charge in [-0.25, -0.2) is 4.79 Å². The van der Waals surface area contributed by atoms with Gasteiger partial charge in [0, 0.05) is 18.3 Å². The smallest absolute Gasteiger partial charge is 0.326 e. The number of thiocarbonyl (C=S) groups is 1. The zero-order chi connectivity index (χ0) is 16.3. The summed E-state index contributed by atoms with van der Waals surface area (Å²) in [5.74, 6) is -2.93. The Morgan fingerprint density at radius 1 is 1.45 bits per heavy atom. The van der Waals surface area contributed by atoms with Gasteiger partial charge in [-0.1, -0.05) is 24.0 Å². The summed E-state index contributed by atoms with van der Waals surface area (Å²) in [4.78, 5) is 38.5. The number of carboxylic acid groups (broad SMARTS) is 2. The number of aliphatic carboxylic acids is 2. The first-order valence-corrected chi connectivity index (χ1v) is 7.47. The lowest BCUT2D eigenvalue weighted by Gasteiger charge is -2.22. The molecule has 1 aromatic rings. The van der Waals surface area contributed by atoms with E-state index in [1.807, 2.05) is 0 Å². The van der Waals surface area contributed by atoms with Crippen molar-refractivity contribution in [3.8, 4) is 0 Å². The fraction of sp³-hybridized carbons (Fsp3) is 0.231. The first kappa shape index (κ1) is 16.2. The molecule has 0 radical (unpaired) electrons. The van der Waals surface area contributed by atoms with Gasteiger partial charge in [0.1, 0.15) is 10.4 Å². The van der Waals surface area contributed by atoms with E-state index in [-0.39, 0.29) is 17.2 Å². The molecule has 9 heteroatoms. The minimum absolute atomic E-state index is 0.112. The number of thioether (sulfide) groups is 1. The van der Waals surface area contributed by atoms with Gasteiger partial charge in [-0.15, -0.1) is 0 Å². The first-order valence-electron chi connectivity index (χ1n) is 6.25. The second kappa shape index (κ2) is 6.75. The molecule has 0 bridgehead atoms. The summed E-state index contributed by atoms with van der Waals surface area (Å²) in [5.41, 5.74) is 0.693. The number of carbonyl (C=O) groups excluding carboxylic acids is 1. The van der Waals surface area contributed by atoms with E-state index < -0.39 is 23.9 Å². The van der Waals surface area contributed by atoms with Crippen molar-refractivity contribution >= 4 is 52.2 Å². The normalized spacial score (nSPS) is 18.0. The van der Waals surface area contributed by atoms with Gasteiger partial charge in [-0.3, -0.25) is 14.5 Å². The van der Waals surface area contributed by atoms with E-state index >= 15 is 0 Å². The van der Waals surface area contributed by atoms with Crippen LogP contribution in [0.4, 0.5) is 0 Å². The molecule has 1 aromatic heterocycles. The van der Waals surface area contributed by atoms with Crippen molar-refractivity contribution in [3.05, 3.63) is 28.9 Å². The van der Waals surface area contributed by atoms with Crippen LogP contribution in [0.3, 0.4) is 0 Å². The number of carbonyl (C=O) groups is 3. The molecule has 0 aromatic carbocycles. The van der Waals surface area contributed by atoms with Crippen LogP contribution >= 0.6 is 24.0 Å². The fourth-order valence-corrected chi connectivity index (χ4v) is 3.29. The predicted octanol–water partition coefficient (Wildman–Crippen LogP) is 1.53. The largest absolute Gasteiger partial charge is 0.481 e. The van der Waals surface area contributed by atoms with Crippen molar-refractivity contribution in [2.45, 2.75) is 18.9 Å². The molecule has 1 atom stereocenters. The minimum Gasteiger partial charge on any atom is -0.481 e. The van der Waals surface area contributed by atoms with Gasteiger partial charge in [0.2, 0.25) is 0 Å². The highest BCUT2D eigenvalue weighted by atomic mass is 32.2. The fourth-order valence-electron chi connectivity index (χ4n) is 1.95. The van der Waals surface area contributed by atoms with Crippen LogP contribution in [0.25, 0.3) is 6.08 Å². The van der Waals surface area contributed by atoms with Crippen molar-refractivity contribution in [1.82, 2.24) is 9.88 Å². The number of nitrogens with one attached hydrogen (secondary N) is 1. The van der Waals surface area contributed by atoms with Gasteiger partial charge in [-0.2, -0.15) is 0 Å². The lowest BCUT2D eigenvalue weighted by Crippen LogP contribution is -2.44. The third-order valence-electron chi connectivity index (χ3n) is 2.96. The molecule has 22 heavy (non-hydrogen) atoms. The summed E-state index contributed by atoms with van der Waals surface area (Å²) < 4.78 is 0.112. The number of aromatic nitrogens is 1. The number of carboxylic acids is 2. The van der Waals surface area contributed by atoms with Gasteiger partial charge in [0.25, 0.3) is 5.91 Å². The van der Waals surface area contributed by atoms with Gasteiger partial charge < -0.3 is 15.2 Å². The van der Waals surface area contributed by atoms with Gasteiger partial charge in [0.05, 0.1) is 4.91 Å². The van der Waals surface area contributed by atoms with Gasteiger partial charge in [0.15, 0.2) is 0 Å². The number of nitrogens with zero attached hydrogens (tertiary/aromatic N) is 1. The Morgan fingerprint density at radius 3 is 2.73 bits per heavy atom. The maximum Gasteiger partial charge on any atom is 0.326 e. The average Bonchev–Trinajstić information content (AvgIpc) is 3.02. The van der Waals surface area contributed by atoms with E-state index in [1.165, 1.54) is 0 Å². The molecule has 7 nitrogen and oxygen atoms in total. The van der Waals surface area contributed by atoms with Crippen LogP contribution in [0.2, 0.25) is 0 Å². The number of hydrogen-bond donors (Lipinski definition) is 3. The number of H-pyrrole nitrogens is 1. The summed E-state index contributed by atoms with van der Waals surface area (Å²) >= 11 is 6.07. The number of aromatic amines is 1. The van der Waals surface area contributed by atoms with E-state index in [0.29, 0.717) is 10.6 Å². The summed E-state index contributed by atoms with van der Waals surface area (Å²) in [6.07, 6.45) is 2.71. The topological polar surface area (TPSA) is 111 Å². The molecule has 2 rings (SSSR count). The lowest BCUT2D eigenvalue weighted by molar-refractivity contribution is -0.146. The SMILES string of the molecule is O=C(O)CCC(C(=O)O)N1C(=O)/C(=C/c2ccc[nH]2)SC1=S. The first-order chi connectivity index (χ1) is 10.4. The average molecular weight is 340 g/mol. The molecule has 1 saturated heterocycles. The van der Waals surface area contributed by atoms with Crippen molar-refractivity contribution in [2.75, 3.05) is 0 Å². The minimum atomic E-state index is -1.28. The molecule has 2 heterocycles. The Morgan fingerprint density at radius 2 is 2.18 bits per heavy atom. The van der Waals surface area contributed by atoms with Crippen LogP contribution in [0, 0.1) is 0 Å². The van der Waals surface area contributed by atoms with Crippen LogP contribution in [-0.2, 0) is 14.4 Å². The molecular formula is C13H12N2O5S2. The summed E-state index contributed by atoms with van der Waals surface area (Å²) in [5, 5.41) is 17.9. The molecule has 116 valence electrons. The molecular weight excluding hydrogens is 328 g/mol. The molecule has 0 aliphatic carbocycles. The highest BCUT2D eigenvalue weighted by molar-refractivity contribution is 8.26. The van der Waals surface area contributed by atoms with E-state index in [0.717, 1.165) is 16.7 Å². The molecule has 3 N–H and O–H groups in total. The molecule has 0 spiro atoms. The Kier molecular flexibility index (Phi) is 4.99. The second-order valence-corrected chi connectivity index (χ2v) is 6.14. The molecule has 0 saturated carbocycles. The molecule has 1 aliphatic rings. The quantitative estimate of drug-likeness (QED) is 0.532. The molecule has 1 amide bonds. The highest BCUT2D eigenvalue weighted by Gasteiger charge is 2.40. The third-order valence-corrected chi connectivity index (χ3v) is 4.29. The Balaban J connectivity index is 2.22. The van der Waals surface area contributed by atoms with Crippen molar-refractivity contribution < 1.29 is 24.6 Å². The summed E-state index contributed by atoms with van der Waals surface area (Å²) in [6, 6.07) is 2.24. The number of rotatable bonds is 6. The van der Waals surface area contributed by atoms with Crippen LogP contribution in [0.1, 0.15) is 18.5 Å². The van der Waals surface area contributed by atoms with E-state index in [1.54, 1.807) is 24.4 Å². The summed E-state index contributed by atoms with van der Waals surface area (Å²) in [7, 11) is 0. The van der Waals surface area contributed by atoms with E-state index in [9.17, 15) is 19.5 Å². The van der Waals surface area contributed by atoms with Gasteiger partial charge in [-0.05, 0) is 24.6 Å².